The topological polar surface area (TPSA) is 26.0 Å². The molecule has 0 aliphatic heterocycles. The minimum absolute atomic E-state index is 0.176. The number of nitrogen functional groups attached to an aromatic ring is 1. The minimum Gasteiger partial charge on any atom is -0.398 e. The predicted molar refractivity (Wildman–Crippen MR) is 74.1 cm³/mol. The molecule has 1 fully saturated rings. The lowest BCUT2D eigenvalue weighted by molar-refractivity contribution is 0.446. The van der Waals surface area contributed by atoms with Gasteiger partial charge >= 0.3 is 0 Å². The van der Waals surface area contributed by atoms with Crippen molar-refractivity contribution < 1.29 is 4.39 Å². The molecule has 94 valence electrons. The van der Waals surface area contributed by atoms with E-state index in [4.69, 9.17) is 5.73 Å². The average Bonchev–Trinajstić information content (AvgIpc) is 2.39. The van der Waals surface area contributed by atoms with E-state index in [0.29, 0.717) is 5.92 Å². The van der Waals surface area contributed by atoms with E-state index in [1.54, 1.807) is 6.07 Å². The highest BCUT2D eigenvalue weighted by Gasteiger charge is 2.20. The Morgan fingerprint density at radius 3 is 2.50 bits per heavy atom. The fourth-order valence-electron chi connectivity index (χ4n) is 3.18. The molecule has 0 heterocycles. The van der Waals surface area contributed by atoms with Gasteiger partial charge in [0.15, 0.2) is 0 Å². The molecule has 0 bridgehead atoms. The van der Waals surface area contributed by atoms with Crippen LogP contribution in [0.15, 0.2) is 30.3 Å². The number of hydrogen-bond acceptors (Lipinski definition) is 1. The van der Waals surface area contributed by atoms with Gasteiger partial charge in [0, 0.05) is 5.69 Å². The summed E-state index contributed by atoms with van der Waals surface area (Å²) in [6.07, 6.45) is 6.20. The standard InChI is InChI=1S/C16H18FN/c17-13-8-6-11-7-9-15(18)16(14(11)10-13)12-4-2-1-3-5-12/h6-10,12H,1-5,18H2. The van der Waals surface area contributed by atoms with Gasteiger partial charge in [-0.1, -0.05) is 31.4 Å². The molecule has 0 atom stereocenters. The first-order valence-electron chi connectivity index (χ1n) is 6.73. The van der Waals surface area contributed by atoms with Gasteiger partial charge in [0.25, 0.3) is 0 Å². The minimum atomic E-state index is -0.176. The van der Waals surface area contributed by atoms with Crippen LogP contribution < -0.4 is 5.73 Å². The van der Waals surface area contributed by atoms with Gasteiger partial charge in [-0.2, -0.15) is 0 Å². The highest BCUT2D eigenvalue weighted by Crippen LogP contribution is 2.39. The number of halogens is 1. The van der Waals surface area contributed by atoms with E-state index in [-0.39, 0.29) is 5.82 Å². The van der Waals surface area contributed by atoms with Crippen LogP contribution in [0.5, 0.6) is 0 Å². The van der Waals surface area contributed by atoms with E-state index < -0.39 is 0 Å². The average molecular weight is 243 g/mol. The molecule has 1 aliphatic carbocycles. The van der Waals surface area contributed by atoms with Crippen molar-refractivity contribution in [2.45, 2.75) is 38.0 Å². The number of benzene rings is 2. The van der Waals surface area contributed by atoms with Gasteiger partial charge in [0.1, 0.15) is 5.82 Å². The fourth-order valence-corrected chi connectivity index (χ4v) is 3.18. The van der Waals surface area contributed by atoms with Crippen LogP contribution in [0.1, 0.15) is 43.6 Å². The Balaban J connectivity index is 2.18. The van der Waals surface area contributed by atoms with Gasteiger partial charge in [-0.15, -0.1) is 0 Å². The first-order chi connectivity index (χ1) is 8.75. The Morgan fingerprint density at radius 1 is 1.00 bits per heavy atom. The second-order valence-electron chi connectivity index (χ2n) is 5.27. The monoisotopic (exact) mass is 243 g/mol. The second-order valence-corrected chi connectivity index (χ2v) is 5.27. The van der Waals surface area contributed by atoms with Crippen LogP contribution in [0.2, 0.25) is 0 Å². The van der Waals surface area contributed by atoms with Crippen molar-refractivity contribution >= 4 is 16.5 Å². The maximum absolute atomic E-state index is 13.5. The molecule has 3 rings (SSSR count). The Labute approximate surface area is 107 Å². The smallest absolute Gasteiger partial charge is 0.123 e. The summed E-state index contributed by atoms with van der Waals surface area (Å²) >= 11 is 0. The molecule has 1 aliphatic rings. The van der Waals surface area contributed by atoms with E-state index in [1.807, 2.05) is 18.2 Å². The Bertz CT molecular complexity index is 565. The fraction of sp³-hybridized carbons (Fsp3) is 0.375. The van der Waals surface area contributed by atoms with Crippen molar-refractivity contribution in [2.24, 2.45) is 0 Å². The summed E-state index contributed by atoms with van der Waals surface area (Å²) in [6, 6.07) is 8.94. The summed E-state index contributed by atoms with van der Waals surface area (Å²) in [4.78, 5) is 0. The van der Waals surface area contributed by atoms with Crippen molar-refractivity contribution in [1.29, 1.82) is 0 Å². The number of anilines is 1. The van der Waals surface area contributed by atoms with Gasteiger partial charge in [-0.3, -0.25) is 0 Å². The third-order valence-electron chi connectivity index (χ3n) is 4.07. The van der Waals surface area contributed by atoms with Crippen molar-refractivity contribution in [3.8, 4) is 0 Å². The maximum atomic E-state index is 13.5. The molecular formula is C16H18FN. The SMILES string of the molecule is Nc1ccc2ccc(F)cc2c1C1CCCCC1. The van der Waals surface area contributed by atoms with E-state index in [1.165, 1.54) is 43.7 Å². The Morgan fingerprint density at radius 2 is 1.72 bits per heavy atom. The number of nitrogens with two attached hydrogens (primary N) is 1. The quantitative estimate of drug-likeness (QED) is 0.727. The Hall–Kier alpha value is -1.57. The van der Waals surface area contributed by atoms with Crippen LogP contribution in [0.3, 0.4) is 0 Å². The summed E-state index contributed by atoms with van der Waals surface area (Å²) in [5, 5.41) is 2.09. The van der Waals surface area contributed by atoms with Gasteiger partial charge in [0.2, 0.25) is 0 Å². The normalized spacial score (nSPS) is 17.2. The molecule has 2 heteroatoms. The summed E-state index contributed by atoms with van der Waals surface area (Å²) in [7, 11) is 0. The molecular weight excluding hydrogens is 225 g/mol. The third-order valence-corrected chi connectivity index (χ3v) is 4.07. The van der Waals surface area contributed by atoms with Crippen LogP contribution in [0.4, 0.5) is 10.1 Å². The molecule has 0 unspecified atom stereocenters. The zero-order chi connectivity index (χ0) is 12.5. The van der Waals surface area contributed by atoms with E-state index in [2.05, 4.69) is 0 Å². The van der Waals surface area contributed by atoms with Crippen LogP contribution in [-0.2, 0) is 0 Å². The van der Waals surface area contributed by atoms with Gasteiger partial charge in [0.05, 0.1) is 0 Å². The highest BCUT2D eigenvalue weighted by atomic mass is 19.1. The van der Waals surface area contributed by atoms with Crippen LogP contribution >= 0.6 is 0 Å². The number of rotatable bonds is 1. The van der Waals surface area contributed by atoms with Crippen molar-refractivity contribution in [3.63, 3.8) is 0 Å². The van der Waals surface area contributed by atoms with Crippen LogP contribution in [0.25, 0.3) is 10.8 Å². The molecule has 18 heavy (non-hydrogen) atoms. The lowest BCUT2D eigenvalue weighted by Crippen LogP contribution is -2.08. The molecule has 0 radical (unpaired) electrons. The van der Waals surface area contributed by atoms with Crippen molar-refractivity contribution in [2.75, 3.05) is 5.73 Å². The van der Waals surface area contributed by atoms with E-state index in [9.17, 15) is 4.39 Å². The van der Waals surface area contributed by atoms with Crippen LogP contribution in [-0.4, -0.2) is 0 Å². The summed E-state index contributed by atoms with van der Waals surface area (Å²) in [5.74, 6) is 0.328. The molecule has 2 aromatic carbocycles. The highest BCUT2D eigenvalue weighted by molar-refractivity contribution is 5.90. The predicted octanol–water partition coefficient (Wildman–Crippen LogP) is 4.61. The summed E-state index contributed by atoms with van der Waals surface area (Å²) in [5.41, 5.74) is 8.14. The van der Waals surface area contributed by atoms with Gasteiger partial charge in [-0.25, -0.2) is 4.39 Å². The van der Waals surface area contributed by atoms with Crippen molar-refractivity contribution in [3.05, 3.63) is 41.7 Å². The zero-order valence-corrected chi connectivity index (χ0v) is 10.5. The van der Waals surface area contributed by atoms with Gasteiger partial charge < -0.3 is 5.73 Å². The molecule has 0 spiro atoms. The molecule has 0 amide bonds. The molecule has 1 saturated carbocycles. The number of fused-ring (bicyclic) bond motifs is 1. The lowest BCUT2D eigenvalue weighted by Gasteiger charge is -2.24. The first-order valence-corrected chi connectivity index (χ1v) is 6.73. The molecule has 0 aromatic heterocycles. The third kappa shape index (κ3) is 1.96. The molecule has 2 aromatic rings. The largest absolute Gasteiger partial charge is 0.398 e. The van der Waals surface area contributed by atoms with E-state index in [0.717, 1.165) is 16.5 Å². The Kier molecular flexibility index (Phi) is 2.94. The van der Waals surface area contributed by atoms with Crippen LogP contribution in [0, 0.1) is 5.82 Å². The second kappa shape index (κ2) is 4.60. The van der Waals surface area contributed by atoms with Gasteiger partial charge in [-0.05, 0) is 53.3 Å². The lowest BCUT2D eigenvalue weighted by atomic mass is 9.81. The molecule has 2 N–H and O–H groups in total. The zero-order valence-electron chi connectivity index (χ0n) is 10.5. The summed E-state index contributed by atoms with van der Waals surface area (Å²) in [6.45, 7) is 0. The first kappa shape index (κ1) is 11.5. The maximum Gasteiger partial charge on any atom is 0.123 e. The number of hydrogen-bond donors (Lipinski definition) is 1. The van der Waals surface area contributed by atoms with Crippen molar-refractivity contribution in [1.82, 2.24) is 0 Å². The molecule has 1 nitrogen and oxygen atoms in total. The molecule has 0 saturated heterocycles. The summed E-state index contributed by atoms with van der Waals surface area (Å²) < 4.78 is 13.5. The van der Waals surface area contributed by atoms with E-state index >= 15 is 0 Å².